The molecule has 0 saturated heterocycles. The second-order valence-electron chi connectivity index (χ2n) is 7.22. The fourth-order valence-electron chi connectivity index (χ4n) is 4.04. The maximum atomic E-state index is 6.26. The molecule has 0 aliphatic carbocycles. The predicted molar refractivity (Wildman–Crippen MR) is 123 cm³/mol. The van der Waals surface area contributed by atoms with Crippen LogP contribution >= 0.6 is 11.6 Å². The van der Waals surface area contributed by atoms with Crippen molar-refractivity contribution in [3.63, 3.8) is 0 Å². The lowest BCUT2D eigenvalue weighted by Crippen LogP contribution is -1.89. The van der Waals surface area contributed by atoms with Crippen molar-refractivity contribution in [2.24, 2.45) is 0 Å². The molecule has 4 aromatic carbocycles. The molecule has 6 rings (SSSR count). The van der Waals surface area contributed by atoms with Crippen LogP contribution in [0.2, 0.25) is 5.28 Å². The van der Waals surface area contributed by atoms with Crippen LogP contribution in [0.4, 0.5) is 0 Å². The lowest BCUT2D eigenvalue weighted by molar-refractivity contribution is 0.667. The van der Waals surface area contributed by atoms with Crippen molar-refractivity contribution in [2.75, 3.05) is 0 Å². The van der Waals surface area contributed by atoms with Gasteiger partial charge in [0.2, 0.25) is 5.28 Å². The first-order valence-corrected chi connectivity index (χ1v) is 10.1. The number of hydrogen-bond acceptors (Lipinski definition) is 3. The SMILES string of the molecule is Clc1nc(-c2ccc(-c3cccc4ccccc34)cc2)c2oc3ccccc3c2n1. The fraction of sp³-hybridized carbons (Fsp3) is 0. The third-order valence-corrected chi connectivity index (χ3v) is 5.62. The van der Waals surface area contributed by atoms with E-state index in [1.165, 1.54) is 16.3 Å². The van der Waals surface area contributed by atoms with Crippen molar-refractivity contribution in [2.45, 2.75) is 0 Å². The molecule has 2 heterocycles. The number of nitrogens with zero attached hydrogens (tertiary/aromatic N) is 2. The van der Waals surface area contributed by atoms with Gasteiger partial charge in [0, 0.05) is 10.9 Å². The Hall–Kier alpha value is -3.69. The maximum Gasteiger partial charge on any atom is 0.223 e. The lowest BCUT2D eigenvalue weighted by Gasteiger charge is -2.08. The zero-order valence-corrected chi connectivity index (χ0v) is 16.6. The van der Waals surface area contributed by atoms with Crippen molar-refractivity contribution in [1.82, 2.24) is 9.97 Å². The van der Waals surface area contributed by atoms with Gasteiger partial charge in [-0.25, -0.2) is 9.97 Å². The first-order chi connectivity index (χ1) is 14.8. The summed E-state index contributed by atoms with van der Waals surface area (Å²) in [6.07, 6.45) is 0. The van der Waals surface area contributed by atoms with E-state index in [4.69, 9.17) is 16.0 Å². The first-order valence-electron chi connectivity index (χ1n) is 9.71. The highest BCUT2D eigenvalue weighted by molar-refractivity contribution is 6.29. The number of benzene rings is 4. The van der Waals surface area contributed by atoms with Gasteiger partial charge >= 0.3 is 0 Å². The van der Waals surface area contributed by atoms with E-state index in [0.717, 1.165) is 27.6 Å². The lowest BCUT2D eigenvalue weighted by atomic mass is 9.97. The van der Waals surface area contributed by atoms with Gasteiger partial charge in [0.15, 0.2) is 5.58 Å². The molecule has 0 spiro atoms. The maximum absolute atomic E-state index is 6.26. The molecule has 0 N–H and O–H groups in total. The highest BCUT2D eigenvalue weighted by Gasteiger charge is 2.16. The number of aromatic nitrogens is 2. The van der Waals surface area contributed by atoms with Crippen molar-refractivity contribution in [3.8, 4) is 22.4 Å². The Morgan fingerprint density at radius 2 is 1.33 bits per heavy atom. The first kappa shape index (κ1) is 17.2. The molecule has 3 nitrogen and oxygen atoms in total. The van der Waals surface area contributed by atoms with Crippen LogP contribution < -0.4 is 0 Å². The van der Waals surface area contributed by atoms with E-state index in [9.17, 15) is 0 Å². The molecule has 0 atom stereocenters. The molecule has 0 saturated carbocycles. The van der Waals surface area contributed by atoms with Crippen molar-refractivity contribution < 1.29 is 4.42 Å². The van der Waals surface area contributed by atoms with Gasteiger partial charge in [-0.15, -0.1) is 0 Å². The summed E-state index contributed by atoms with van der Waals surface area (Å²) in [5.74, 6) is 0. The van der Waals surface area contributed by atoms with E-state index < -0.39 is 0 Å². The monoisotopic (exact) mass is 406 g/mol. The van der Waals surface area contributed by atoms with Crippen LogP contribution in [0.3, 0.4) is 0 Å². The standard InChI is InChI=1S/C26H15ClN2O/c27-26-28-23(25-24(29-26)21-9-3-4-11-22(21)30-25)18-14-12-17(13-15-18)20-10-5-7-16-6-1-2-8-19(16)20/h1-15H. The van der Waals surface area contributed by atoms with Gasteiger partial charge in [-0.3, -0.25) is 0 Å². The van der Waals surface area contributed by atoms with E-state index in [1.807, 2.05) is 24.3 Å². The van der Waals surface area contributed by atoms with Crippen LogP contribution in [0.5, 0.6) is 0 Å². The predicted octanol–water partition coefficient (Wildman–Crippen LogP) is 7.52. The molecule has 0 aliphatic rings. The van der Waals surface area contributed by atoms with E-state index in [2.05, 4.69) is 76.7 Å². The van der Waals surface area contributed by atoms with Gasteiger partial charge in [0.05, 0.1) is 0 Å². The summed E-state index contributed by atoms with van der Waals surface area (Å²) < 4.78 is 6.08. The quantitative estimate of drug-likeness (QED) is 0.279. The Kier molecular flexibility index (Phi) is 3.83. The molecule has 0 fully saturated rings. The number of halogens is 1. The zero-order chi connectivity index (χ0) is 20.1. The molecular weight excluding hydrogens is 392 g/mol. The summed E-state index contributed by atoms with van der Waals surface area (Å²) in [5.41, 5.74) is 6.15. The largest absolute Gasteiger partial charge is 0.452 e. The van der Waals surface area contributed by atoms with Crippen molar-refractivity contribution >= 4 is 44.4 Å². The minimum atomic E-state index is 0.210. The second-order valence-corrected chi connectivity index (χ2v) is 7.56. The summed E-state index contributed by atoms with van der Waals surface area (Å²) >= 11 is 6.26. The van der Waals surface area contributed by atoms with Gasteiger partial charge in [-0.05, 0) is 45.6 Å². The smallest absolute Gasteiger partial charge is 0.223 e. The van der Waals surface area contributed by atoms with Crippen LogP contribution in [-0.4, -0.2) is 9.97 Å². The Morgan fingerprint density at radius 3 is 2.20 bits per heavy atom. The van der Waals surface area contributed by atoms with Crippen LogP contribution in [0, 0.1) is 0 Å². The molecular formula is C26H15ClN2O. The van der Waals surface area contributed by atoms with E-state index >= 15 is 0 Å². The Balaban J connectivity index is 1.52. The minimum Gasteiger partial charge on any atom is -0.452 e. The Labute approximate surface area is 177 Å². The number of furan rings is 1. The summed E-state index contributed by atoms with van der Waals surface area (Å²) in [5, 5.41) is 3.61. The Bertz CT molecular complexity index is 1550. The fourth-order valence-corrected chi connectivity index (χ4v) is 4.21. The third-order valence-electron chi connectivity index (χ3n) is 5.45. The molecule has 30 heavy (non-hydrogen) atoms. The molecule has 4 heteroatoms. The van der Waals surface area contributed by atoms with E-state index in [-0.39, 0.29) is 5.28 Å². The Morgan fingerprint density at radius 1 is 0.633 bits per heavy atom. The molecule has 0 unspecified atom stereocenters. The molecule has 0 radical (unpaired) electrons. The molecule has 0 aliphatic heterocycles. The van der Waals surface area contributed by atoms with Crippen molar-refractivity contribution in [1.29, 1.82) is 0 Å². The van der Waals surface area contributed by atoms with Gasteiger partial charge in [0.1, 0.15) is 16.8 Å². The normalized spacial score (nSPS) is 11.5. The zero-order valence-electron chi connectivity index (χ0n) is 15.8. The van der Waals surface area contributed by atoms with Gasteiger partial charge in [-0.2, -0.15) is 0 Å². The van der Waals surface area contributed by atoms with Gasteiger partial charge < -0.3 is 4.42 Å². The average Bonchev–Trinajstić information content (AvgIpc) is 3.17. The topological polar surface area (TPSA) is 38.9 Å². The summed E-state index contributed by atoms with van der Waals surface area (Å²) in [4.78, 5) is 8.89. The third kappa shape index (κ3) is 2.67. The number of para-hydroxylation sites is 1. The van der Waals surface area contributed by atoms with Gasteiger partial charge in [-0.1, -0.05) is 78.9 Å². The summed E-state index contributed by atoms with van der Waals surface area (Å²) in [7, 11) is 0. The van der Waals surface area contributed by atoms with Crippen LogP contribution in [0.1, 0.15) is 0 Å². The molecule has 6 aromatic rings. The van der Waals surface area contributed by atoms with Gasteiger partial charge in [0.25, 0.3) is 0 Å². The summed E-state index contributed by atoms with van der Waals surface area (Å²) in [6.45, 7) is 0. The van der Waals surface area contributed by atoms with Crippen LogP contribution in [0.15, 0.2) is 95.4 Å². The molecule has 142 valence electrons. The van der Waals surface area contributed by atoms with Crippen molar-refractivity contribution in [3.05, 3.63) is 96.3 Å². The molecule has 0 bridgehead atoms. The second kappa shape index (κ2) is 6.68. The number of hydrogen-bond donors (Lipinski definition) is 0. The molecule has 0 amide bonds. The average molecular weight is 407 g/mol. The highest BCUT2D eigenvalue weighted by atomic mass is 35.5. The highest BCUT2D eigenvalue weighted by Crippen LogP contribution is 2.36. The summed E-state index contributed by atoms with van der Waals surface area (Å²) in [6, 6.07) is 31.0. The van der Waals surface area contributed by atoms with Crippen LogP contribution in [-0.2, 0) is 0 Å². The molecule has 2 aromatic heterocycles. The van der Waals surface area contributed by atoms with E-state index in [0.29, 0.717) is 11.3 Å². The van der Waals surface area contributed by atoms with E-state index in [1.54, 1.807) is 0 Å². The number of rotatable bonds is 2. The van der Waals surface area contributed by atoms with Crippen LogP contribution in [0.25, 0.3) is 55.2 Å². The number of fused-ring (bicyclic) bond motifs is 4. The minimum absolute atomic E-state index is 0.210.